The van der Waals surface area contributed by atoms with Crippen LogP contribution in [0.1, 0.15) is 48.1 Å². The zero-order valence-electron chi connectivity index (χ0n) is 21.8. The number of amides is 1. The van der Waals surface area contributed by atoms with Gasteiger partial charge in [0.05, 0.1) is 32.4 Å². The van der Waals surface area contributed by atoms with Gasteiger partial charge < -0.3 is 24.5 Å². The molecule has 38 heavy (non-hydrogen) atoms. The SMILES string of the molecule is COc1ccccc1CN1C(=O)C(=O)/C(=C(/O)c2ccc(OC)c(C(C)C)c2)C1c1c[nH]c2ccccc12. The number of aromatic amines is 1. The number of benzene rings is 3. The van der Waals surface area contributed by atoms with Gasteiger partial charge in [0, 0.05) is 33.8 Å². The molecule has 1 aliphatic rings. The van der Waals surface area contributed by atoms with Crippen LogP contribution in [0.3, 0.4) is 0 Å². The molecule has 7 nitrogen and oxygen atoms in total. The number of fused-ring (bicyclic) bond motifs is 1. The lowest BCUT2D eigenvalue weighted by Gasteiger charge is -2.25. The quantitative estimate of drug-likeness (QED) is 0.183. The molecule has 1 aliphatic heterocycles. The van der Waals surface area contributed by atoms with E-state index in [1.165, 1.54) is 4.90 Å². The van der Waals surface area contributed by atoms with Crippen molar-refractivity contribution < 1.29 is 24.2 Å². The molecule has 1 amide bonds. The molecule has 0 radical (unpaired) electrons. The van der Waals surface area contributed by atoms with E-state index in [-0.39, 0.29) is 23.8 Å². The summed E-state index contributed by atoms with van der Waals surface area (Å²) in [5, 5.41) is 12.5. The Morgan fingerprint density at radius 2 is 1.68 bits per heavy atom. The highest BCUT2D eigenvalue weighted by Gasteiger charge is 2.47. The van der Waals surface area contributed by atoms with E-state index in [0.717, 1.165) is 27.6 Å². The first-order valence-electron chi connectivity index (χ1n) is 12.5. The van der Waals surface area contributed by atoms with Gasteiger partial charge in [-0.25, -0.2) is 0 Å². The molecule has 1 atom stereocenters. The number of ketones is 1. The first-order valence-corrected chi connectivity index (χ1v) is 12.5. The number of H-pyrrole nitrogens is 1. The molecule has 0 spiro atoms. The fourth-order valence-corrected chi connectivity index (χ4v) is 5.19. The van der Waals surface area contributed by atoms with E-state index < -0.39 is 17.7 Å². The minimum absolute atomic E-state index is 0.0505. The Labute approximate surface area is 221 Å². The van der Waals surface area contributed by atoms with Gasteiger partial charge in [-0.15, -0.1) is 0 Å². The second-order valence-corrected chi connectivity index (χ2v) is 9.64. The summed E-state index contributed by atoms with van der Waals surface area (Å²) in [5.41, 5.74) is 3.76. The molecular weight excluding hydrogens is 480 g/mol. The lowest BCUT2D eigenvalue weighted by atomic mass is 9.93. The highest BCUT2D eigenvalue weighted by molar-refractivity contribution is 6.46. The zero-order valence-corrected chi connectivity index (χ0v) is 21.8. The summed E-state index contributed by atoms with van der Waals surface area (Å²) in [6.45, 7) is 4.19. The topological polar surface area (TPSA) is 91.9 Å². The third kappa shape index (κ3) is 4.20. The number of nitrogens with zero attached hydrogens (tertiary/aromatic N) is 1. The van der Waals surface area contributed by atoms with E-state index >= 15 is 0 Å². The van der Waals surface area contributed by atoms with Gasteiger partial charge in [-0.05, 0) is 41.8 Å². The molecule has 194 valence electrons. The van der Waals surface area contributed by atoms with Crippen molar-refractivity contribution in [2.45, 2.75) is 32.4 Å². The Balaban J connectivity index is 1.71. The molecule has 4 aromatic rings. The van der Waals surface area contributed by atoms with Gasteiger partial charge in [-0.2, -0.15) is 0 Å². The fourth-order valence-electron chi connectivity index (χ4n) is 5.19. The molecule has 0 bridgehead atoms. The summed E-state index contributed by atoms with van der Waals surface area (Å²) >= 11 is 0. The normalized spacial score (nSPS) is 17.0. The highest BCUT2D eigenvalue weighted by Crippen LogP contribution is 2.43. The summed E-state index contributed by atoms with van der Waals surface area (Å²) < 4.78 is 11.0. The van der Waals surface area contributed by atoms with Gasteiger partial charge in [-0.1, -0.05) is 50.2 Å². The molecule has 0 saturated carbocycles. The third-order valence-corrected chi connectivity index (χ3v) is 7.11. The molecule has 2 N–H and O–H groups in total. The standard InChI is InChI=1S/C31H30N2O5/c1-18(2)22-15-19(13-14-26(22)38-4)29(34)27-28(23-16-32-24-11-7-6-10-21(23)24)33(31(36)30(27)35)17-20-9-5-8-12-25(20)37-3/h5-16,18,28,32,34H,17H2,1-4H3/b29-27+. The van der Waals surface area contributed by atoms with E-state index in [9.17, 15) is 14.7 Å². The predicted octanol–water partition coefficient (Wildman–Crippen LogP) is 5.93. The maximum Gasteiger partial charge on any atom is 0.295 e. The summed E-state index contributed by atoms with van der Waals surface area (Å²) in [6.07, 6.45) is 1.80. The van der Waals surface area contributed by atoms with Crippen LogP contribution in [0, 0.1) is 0 Å². The Morgan fingerprint density at radius 3 is 2.42 bits per heavy atom. The number of carbonyl (C=O) groups excluding carboxylic acids is 2. The average molecular weight is 511 g/mol. The van der Waals surface area contributed by atoms with Crippen LogP contribution in [-0.4, -0.2) is 40.9 Å². The number of rotatable bonds is 7. The Hall–Kier alpha value is -4.52. The monoisotopic (exact) mass is 510 g/mol. The van der Waals surface area contributed by atoms with E-state index in [1.807, 2.05) is 68.4 Å². The number of para-hydroxylation sites is 2. The molecule has 1 unspecified atom stereocenters. The maximum absolute atomic E-state index is 13.6. The van der Waals surface area contributed by atoms with E-state index in [2.05, 4.69) is 4.98 Å². The van der Waals surface area contributed by atoms with Crippen LogP contribution in [0.15, 0.2) is 78.5 Å². The lowest BCUT2D eigenvalue weighted by molar-refractivity contribution is -0.140. The average Bonchev–Trinajstić information content (AvgIpc) is 3.46. The number of ether oxygens (including phenoxy) is 2. The Kier molecular flexibility index (Phi) is 6.68. The second-order valence-electron chi connectivity index (χ2n) is 9.64. The molecule has 1 fully saturated rings. The van der Waals surface area contributed by atoms with Crippen molar-refractivity contribution in [1.82, 2.24) is 9.88 Å². The number of aliphatic hydroxyl groups is 1. The molecular formula is C31H30N2O5. The van der Waals surface area contributed by atoms with Crippen molar-refractivity contribution >= 4 is 28.4 Å². The molecule has 3 aromatic carbocycles. The van der Waals surface area contributed by atoms with E-state index in [4.69, 9.17) is 9.47 Å². The van der Waals surface area contributed by atoms with Crippen LogP contribution in [0.5, 0.6) is 11.5 Å². The van der Waals surface area contributed by atoms with Gasteiger partial charge >= 0.3 is 0 Å². The number of aromatic nitrogens is 1. The van der Waals surface area contributed by atoms with Crippen LogP contribution < -0.4 is 9.47 Å². The number of likely N-dealkylation sites (tertiary alicyclic amines) is 1. The van der Waals surface area contributed by atoms with Crippen molar-refractivity contribution in [3.63, 3.8) is 0 Å². The van der Waals surface area contributed by atoms with Crippen molar-refractivity contribution in [3.8, 4) is 11.5 Å². The van der Waals surface area contributed by atoms with Crippen molar-refractivity contribution in [2.24, 2.45) is 0 Å². The summed E-state index contributed by atoms with van der Waals surface area (Å²) in [4.78, 5) is 31.9. The van der Waals surface area contributed by atoms with Gasteiger partial charge in [-0.3, -0.25) is 9.59 Å². The molecule has 0 aliphatic carbocycles. The molecule has 1 saturated heterocycles. The largest absolute Gasteiger partial charge is 0.507 e. The fraction of sp³-hybridized carbons (Fsp3) is 0.226. The molecule has 5 rings (SSSR count). The number of Topliss-reactive ketones (excluding diaryl/α,β-unsaturated/α-hetero) is 1. The van der Waals surface area contributed by atoms with Crippen molar-refractivity contribution in [3.05, 3.63) is 101 Å². The second kappa shape index (κ2) is 10.1. The lowest BCUT2D eigenvalue weighted by Crippen LogP contribution is -2.29. The van der Waals surface area contributed by atoms with E-state index in [0.29, 0.717) is 17.1 Å². The summed E-state index contributed by atoms with van der Waals surface area (Å²) in [7, 11) is 3.17. The first kappa shape index (κ1) is 25.1. The van der Waals surface area contributed by atoms with Gasteiger partial charge in [0.15, 0.2) is 0 Å². The Bertz CT molecular complexity index is 1570. The Morgan fingerprint density at radius 1 is 0.974 bits per heavy atom. The van der Waals surface area contributed by atoms with Crippen LogP contribution >= 0.6 is 0 Å². The number of aliphatic hydroxyl groups excluding tert-OH is 1. The summed E-state index contributed by atoms with van der Waals surface area (Å²) in [5.74, 6) is -0.189. The highest BCUT2D eigenvalue weighted by atomic mass is 16.5. The van der Waals surface area contributed by atoms with Crippen LogP contribution in [0.4, 0.5) is 0 Å². The van der Waals surface area contributed by atoms with Crippen LogP contribution in [-0.2, 0) is 16.1 Å². The number of hydrogen-bond acceptors (Lipinski definition) is 5. The first-order chi connectivity index (χ1) is 18.3. The molecule has 1 aromatic heterocycles. The van der Waals surface area contributed by atoms with Crippen LogP contribution in [0.25, 0.3) is 16.7 Å². The van der Waals surface area contributed by atoms with Gasteiger partial charge in [0.1, 0.15) is 17.3 Å². The predicted molar refractivity (Wildman–Crippen MR) is 146 cm³/mol. The number of carbonyl (C=O) groups is 2. The maximum atomic E-state index is 13.6. The van der Waals surface area contributed by atoms with Crippen molar-refractivity contribution in [2.75, 3.05) is 14.2 Å². The minimum Gasteiger partial charge on any atom is -0.507 e. The number of nitrogens with one attached hydrogen (secondary N) is 1. The van der Waals surface area contributed by atoms with Gasteiger partial charge in [0.25, 0.3) is 11.7 Å². The van der Waals surface area contributed by atoms with Crippen LogP contribution in [0.2, 0.25) is 0 Å². The van der Waals surface area contributed by atoms with E-state index in [1.54, 1.807) is 32.5 Å². The molecule has 2 heterocycles. The third-order valence-electron chi connectivity index (χ3n) is 7.11. The molecule has 7 heteroatoms. The van der Waals surface area contributed by atoms with Gasteiger partial charge in [0.2, 0.25) is 0 Å². The number of hydrogen-bond donors (Lipinski definition) is 2. The number of methoxy groups -OCH3 is 2. The van der Waals surface area contributed by atoms with Crippen molar-refractivity contribution in [1.29, 1.82) is 0 Å². The zero-order chi connectivity index (χ0) is 27.0. The minimum atomic E-state index is -0.805. The smallest absolute Gasteiger partial charge is 0.295 e. The summed E-state index contributed by atoms with van der Waals surface area (Å²) in [6, 6.07) is 19.6.